The van der Waals surface area contributed by atoms with Crippen LogP contribution in [0.25, 0.3) is 0 Å². The van der Waals surface area contributed by atoms with Gasteiger partial charge < -0.3 is 15.4 Å². The molecule has 0 saturated heterocycles. The molecule has 2 N–H and O–H groups in total. The first-order chi connectivity index (χ1) is 7.06. The number of amides is 2. The maximum Gasteiger partial charge on any atom is 0.325 e. The first-order valence-electron chi connectivity index (χ1n) is 4.64. The number of carbonyl (C=O) groups excluding carboxylic acids is 3. The summed E-state index contributed by atoms with van der Waals surface area (Å²) in [6.07, 6.45) is 0.823. The zero-order chi connectivity index (χ0) is 11.7. The Balaban J connectivity index is 3.41. The SMILES string of the molecule is COC(=O)CNC(=O)CCCNC(C)=O. The van der Waals surface area contributed by atoms with E-state index < -0.39 is 5.97 Å². The van der Waals surface area contributed by atoms with Crippen molar-refractivity contribution in [1.29, 1.82) is 0 Å². The van der Waals surface area contributed by atoms with Crippen LogP contribution in [0.15, 0.2) is 0 Å². The third-order valence-electron chi connectivity index (χ3n) is 1.61. The van der Waals surface area contributed by atoms with Gasteiger partial charge in [-0.25, -0.2) is 0 Å². The highest BCUT2D eigenvalue weighted by atomic mass is 16.5. The second-order valence-electron chi connectivity index (χ2n) is 2.94. The average molecular weight is 216 g/mol. The van der Waals surface area contributed by atoms with Crippen LogP contribution in [0.2, 0.25) is 0 Å². The molecule has 0 aromatic rings. The number of hydrogen-bond acceptors (Lipinski definition) is 4. The third kappa shape index (κ3) is 8.73. The van der Waals surface area contributed by atoms with E-state index in [4.69, 9.17) is 0 Å². The molecule has 0 aromatic heterocycles. The molecule has 86 valence electrons. The Morgan fingerprint density at radius 2 is 1.87 bits per heavy atom. The van der Waals surface area contributed by atoms with Gasteiger partial charge in [0, 0.05) is 19.9 Å². The first kappa shape index (κ1) is 13.4. The van der Waals surface area contributed by atoms with Crippen LogP contribution in [0.5, 0.6) is 0 Å². The summed E-state index contributed by atoms with van der Waals surface area (Å²) in [6.45, 7) is 1.76. The molecule has 0 saturated carbocycles. The largest absolute Gasteiger partial charge is 0.468 e. The predicted molar refractivity (Wildman–Crippen MR) is 52.9 cm³/mol. The predicted octanol–water partition coefficient (Wildman–Crippen LogP) is -0.808. The van der Waals surface area contributed by atoms with Crippen molar-refractivity contribution in [1.82, 2.24) is 10.6 Å². The number of hydrogen-bond donors (Lipinski definition) is 2. The molecule has 0 radical (unpaired) electrons. The minimum absolute atomic E-state index is 0.116. The van der Waals surface area contributed by atoms with E-state index in [1.54, 1.807) is 0 Å². The van der Waals surface area contributed by atoms with Crippen molar-refractivity contribution >= 4 is 17.8 Å². The standard InChI is InChI=1S/C9H16N2O4/c1-7(12)10-5-3-4-8(13)11-6-9(14)15-2/h3-6H2,1-2H3,(H,10,12)(H,11,13). The summed E-state index contributed by atoms with van der Waals surface area (Å²) < 4.78 is 4.35. The molecule has 2 amide bonds. The quantitative estimate of drug-likeness (QED) is 0.449. The molecule has 0 rings (SSSR count). The summed E-state index contributed by atoms with van der Waals surface area (Å²) in [6, 6.07) is 0. The fourth-order valence-electron chi connectivity index (χ4n) is 0.845. The van der Waals surface area contributed by atoms with Crippen LogP contribution in [0.4, 0.5) is 0 Å². The maximum absolute atomic E-state index is 11.1. The van der Waals surface area contributed by atoms with E-state index in [0.717, 1.165) is 0 Å². The van der Waals surface area contributed by atoms with Gasteiger partial charge in [0.1, 0.15) is 6.54 Å². The van der Waals surface area contributed by atoms with Gasteiger partial charge in [-0.15, -0.1) is 0 Å². The molecular formula is C9H16N2O4. The van der Waals surface area contributed by atoms with Crippen molar-refractivity contribution in [3.63, 3.8) is 0 Å². The van der Waals surface area contributed by atoms with Crippen molar-refractivity contribution in [2.45, 2.75) is 19.8 Å². The van der Waals surface area contributed by atoms with Crippen LogP contribution >= 0.6 is 0 Å². The second-order valence-corrected chi connectivity index (χ2v) is 2.94. The summed E-state index contributed by atoms with van der Waals surface area (Å²) in [5.74, 6) is -0.832. The van der Waals surface area contributed by atoms with Crippen LogP contribution in [0, 0.1) is 0 Å². The zero-order valence-corrected chi connectivity index (χ0v) is 8.96. The van der Waals surface area contributed by atoms with Gasteiger partial charge in [-0.1, -0.05) is 0 Å². The lowest BCUT2D eigenvalue weighted by Crippen LogP contribution is -2.30. The number of carbonyl (C=O) groups is 3. The highest BCUT2D eigenvalue weighted by Crippen LogP contribution is 1.86. The van der Waals surface area contributed by atoms with Crippen LogP contribution in [-0.4, -0.2) is 38.0 Å². The molecule has 6 heteroatoms. The number of ether oxygens (including phenoxy) is 1. The van der Waals surface area contributed by atoms with E-state index in [2.05, 4.69) is 15.4 Å². The molecule has 0 bridgehead atoms. The van der Waals surface area contributed by atoms with Crippen molar-refractivity contribution in [2.24, 2.45) is 0 Å². The Kier molecular flexibility index (Phi) is 6.96. The Morgan fingerprint density at radius 3 is 2.40 bits per heavy atom. The molecular weight excluding hydrogens is 200 g/mol. The Morgan fingerprint density at radius 1 is 1.20 bits per heavy atom. The van der Waals surface area contributed by atoms with Gasteiger partial charge in [0.25, 0.3) is 0 Å². The maximum atomic E-state index is 11.1. The average Bonchev–Trinajstić information content (AvgIpc) is 2.20. The lowest BCUT2D eigenvalue weighted by Gasteiger charge is -2.04. The summed E-state index contributed by atoms with van der Waals surface area (Å²) in [4.78, 5) is 32.2. The smallest absolute Gasteiger partial charge is 0.325 e. The minimum Gasteiger partial charge on any atom is -0.468 e. The molecule has 6 nitrogen and oxygen atoms in total. The van der Waals surface area contributed by atoms with E-state index in [9.17, 15) is 14.4 Å². The fraction of sp³-hybridized carbons (Fsp3) is 0.667. The molecule has 0 spiro atoms. The van der Waals surface area contributed by atoms with Crippen LogP contribution in [0.1, 0.15) is 19.8 Å². The Hall–Kier alpha value is -1.59. The molecule has 0 unspecified atom stereocenters. The number of methoxy groups -OCH3 is 1. The Bertz CT molecular complexity index is 240. The van der Waals surface area contributed by atoms with E-state index in [1.165, 1.54) is 14.0 Å². The first-order valence-corrected chi connectivity index (χ1v) is 4.64. The highest BCUT2D eigenvalue weighted by molar-refractivity contribution is 5.81. The zero-order valence-electron chi connectivity index (χ0n) is 8.96. The monoisotopic (exact) mass is 216 g/mol. The van der Waals surface area contributed by atoms with E-state index in [0.29, 0.717) is 13.0 Å². The van der Waals surface area contributed by atoms with E-state index in [-0.39, 0.29) is 24.8 Å². The number of nitrogens with one attached hydrogen (secondary N) is 2. The lowest BCUT2D eigenvalue weighted by atomic mass is 10.3. The number of rotatable bonds is 6. The van der Waals surface area contributed by atoms with Gasteiger partial charge >= 0.3 is 5.97 Å². The molecule has 0 fully saturated rings. The lowest BCUT2D eigenvalue weighted by molar-refractivity contribution is -0.141. The second kappa shape index (κ2) is 7.78. The molecule has 0 atom stereocenters. The van der Waals surface area contributed by atoms with Crippen LogP contribution in [0.3, 0.4) is 0 Å². The van der Waals surface area contributed by atoms with Gasteiger partial charge in [0.2, 0.25) is 11.8 Å². The van der Waals surface area contributed by atoms with Gasteiger partial charge in [-0.2, -0.15) is 0 Å². The molecule has 0 aliphatic heterocycles. The molecule has 0 heterocycles. The summed E-state index contributed by atoms with van der Waals surface area (Å²) in [7, 11) is 1.26. The highest BCUT2D eigenvalue weighted by Gasteiger charge is 2.04. The van der Waals surface area contributed by atoms with Gasteiger partial charge in [-0.3, -0.25) is 14.4 Å². The van der Waals surface area contributed by atoms with Gasteiger partial charge in [-0.05, 0) is 6.42 Å². The van der Waals surface area contributed by atoms with Crippen LogP contribution < -0.4 is 10.6 Å². The van der Waals surface area contributed by atoms with E-state index >= 15 is 0 Å². The third-order valence-corrected chi connectivity index (χ3v) is 1.61. The molecule has 0 aromatic carbocycles. The number of esters is 1. The molecule has 0 aliphatic rings. The molecule has 15 heavy (non-hydrogen) atoms. The van der Waals surface area contributed by atoms with Crippen LogP contribution in [-0.2, 0) is 19.1 Å². The normalized spacial score (nSPS) is 9.20. The summed E-state index contributed by atoms with van der Waals surface area (Å²) in [5.41, 5.74) is 0. The minimum atomic E-state index is -0.481. The Labute approximate surface area is 88.4 Å². The summed E-state index contributed by atoms with van der Waals surface area (Å²) >= 11 is 0. The summed E-state index contributed by atoms with van der Waals surface area (Å²) in [5, 5.41) is 4.96. The van der Waals surface area contributed by atoms with Crippen molar-refractivity contribution in [3.05, 3.63) is 0 Å². The topological polar surface area (TPSA) is 84.5 Å². The van der Waals surface area contributed by atoms with Crippen molar-refractivity contribution < 1.29 is 19.1 Å². The fourth-order valence-corrected chi connectivity index (χ4v) is 0.845. The molecule has 0 aliphatic carbocycles. The van der Waals surface area contributed by atoms with Crippen molar-refractivity contribution in [3.8, 4) is 0 Å². The van der Waals surface area contributed by atoms with Gasteiger partial charge in [0.05, 0.1) is 7.11 Å². The van der Waals surface area contributed by atoms with E-state index in [1.807, 2.05) is 0 Å². The van der Waals surface area contributed by atoms with Crippen molar-refractivity contribution in [2.75, 3.05) is 20.2 Å². The van der Waals surface area contributed by atoms with Gasteiger partial charge in [0.15, 0.2) is 0 Å².